The third-order valence-corrected chi connectivity index (χ3v) is 5.23. The molecule has 29 heavy (non-hydrogen) atoms. The molecule has 0 radical (unpaired) electrons. The Kier molecular flexibility index (Phi) is 4.13. The van der Waals surface area contributed by atoms with Crippen molar-refractivity contribution in [2.45, 2.75) is 24.4 Å². The largest absolute Gasteiger partial charge is 0.468 e. The Bertz CT molecular complexity index is 1220. The normalized spacial score (nSPS) is 19.0. The number of ether oxygens (including phenoxy) is 1. The summed E-state index contributed by atoms with van der Waals surface area (Å²) in [5.41, 5.74) is 3.49. The number of fused-ring (bicyclic) bond motifs is 2. The topological polar surface area (TPSA) is 52.3 Å². The van der Waals surface area contributed by atoms with Gasteiger partial charge in [0.05, 0.1) is 5.52 Å². The average molecular weight is 419 g/mol. The number of halogens is 4. The number of imidazole rings is 1. The highest BCUT2D eigenvalue weighted by Gasteiger charge is 2.41. The summed E-state index contributed by atoms with van der Waals surface area (Å²) < 4.78 is 43.6. The smallest absolute Gasteiger partial charge is 0.422 e. The van der Waals surface area contributed by atoms with Crippen LogP contribution in [-0.4, -0.2) is 32.4 Å². The molecule has 4 aromatic rings. The highest BCUT2D eigenvalue weighted by molar-refractivity contribution is 6.29. The van der Waals surface area contributed by atoms with E-state index in [1.807, 2.05) is 24.3 Å². The summed E-state index contributed by atoms with van der Waals surface area (Å²) in [4.78, 5) is 8.60. The summed E-state index contributed by atoms with van der Waals surface area (Å²) in [6.45, 7) is -1.36. The minimum atomic E-state index is -4.40. The first-order valence-corrected chi connectivity index (χ1v) is 9.35. The van der Waals surface area contributed by atoms with Crippen LogP contribution >= 0.6 is 11.6 Å². The Balaban J connectivity index is 1.43. The summed E-state index contributed by atoms with van der Waals surface area (Å²) in [6, 6.07) is 10.9. The molecule has 2 atom stereocenters. The Hall–Kier alpha value is -2.87. The molecule has 148 valence electrons. The number of pyridine rings is 1. The van der Waals surface area contributed by atoms with Crippen LogP contribution < -0.4 is 4.74 Å². The van der Waals surface area contributed by atoms with E-state index in [4.69, 9.17) is 16.3 Å². The molecular weight excluding hydrogens is 405 g/mol. The van der Waals surface area contributed by atoms with E-state index < -0.39 is 12.8 Å². The quantitative estimate of drug-likeness (QED) is 0.460. The van der Waals surface area contributed by atoms with Crippen molar-refractivity contribution in [3.63, 3.8) is 0 Å². The van der Waals surface area contributed by atoms with Crippen molar-refractivity contribution in [2.75, 3.05) is 6.61 Å². The zero-order valence-corrected chi connectivity index (χ0v) is 15.7. The Labute approximate surface area is 168 Å². The van der Waals surface area contributed by atoms with Crippen LogP contribution in [0.5, 0.6) is 5.88 Å². The maximum atomic E-state index is 12.4. The summed E-state index contributed by atoms with van der Waals surface area (Å²) >= 11 is 6.14. The van der Waals surface area contributed by atoms with E-state index in [1.54, 1.807) is 23.0 Å². The van der Waals surface area contributed by atoms with Gasteiger partial charge in [-0.25, -0.2) is 14.5 Å². The van der Waals surface area contributed by atoms with Crippen molar-refractivity contribution in [3.05, 3.63) is 65.1 Å². The maximum Gasteiger partial charge on any atom is 0.422 e. The second-order valence-corrected chi connectivity index (χ2v) is 7.46. The van der Waals surface area contributed by atoms with Gasteiger partial charge in [0.1, 0.15) is 5.15 Å². The average Bonchev–Trinajstić information content (AvgIpc) is 3.34. The minimum Gasteiger partial charge on any atom is -0.468 e. The summed E-state index contributed by atoms with van der Waals surface area (Å²) in [7, 11) is 0. The van der Waals surface area contributed by atoms with Crippen molar-refractivity contribution >= 4 is 28.2 Å². The molecule has 0 bridgehead atoms. The molecule has 1 aromatic carbocycles. The third-order valence-electron chi connectivity index (χ3n) is 5.05. The van der Waals surface area contributed by atoms with E-state index in [2.05, 4.69) is 15.1 Å². The SMILES string of the molecule is FC(F)(F)COc1ccc2ccc(C3C[C@@H]3c3cc(Cl)nn4ccnc34)cc2n1. The molecule has 0 N–H and O–H groups in total. The fraction of sp³-hybridized carbons (Fsp3) is 0.250. The third kappa shape index (κ3) is 3.60. The van der Waals surface area contributed by atoms with Crippen LogP contribution in [0.25, 0.3) is 16.6 Å². The van der Waals surface area contributed by atoms with Crippen LogP contribution in [0, 0.1) is 0 Å². The lowest BCUT2D eigenvalue weighted by atomic mass is 10.0. The first-order chi connectivity index (χ1) is 13.9. The fourth-order valence-electron chi connectivity index (χ4n) is 3.67. The Morgan fingerprint density at radius 2 is 1.97 bits per heavy atom. The molecule has 0 saturated heterocycles. The molecular formula is C20H14ClF3N4O. The van der Waals surface area contributed by atoms with Crippen molar-refractivity contribution in [1.82, 2.24) is 19.6 Å². The molecule has 1 fully saturated rings. The van der Waals surface area contributed by atoms with E-state index in [1.165, 1.54) is 6.07 Å². The Morgan fingerprint density at radius 3 is 2.79 bits per heavy atom. The predicted octanol–water partition coefficient (Wildman–Crippen LogP) is 5.14. The summed E-state index contributed by atoms with van der Waals surface area (Å²) in [5.74, 6) is 0.474. The van der Waals surface area contributed by atoms with Crippen LogP contribution in [0.2, 0.25) is 5.15 Å². The van der Waals surface area contributed by atoms with Gasteiger partial charge in [-0.3, -0.25) is 0 Å². The highest BCUT2D eigenvalue weighted by atomic mass is 35.5. The monoisotopic (exact) mass is 418 g/mol. The van der Waals surface area contributed by atoms with Gasteiger partial charge >= 0.3 is 6.18 Å². The summed E-state index contributed by atoms with van der Waals surface area (Å²) in [6.07, 6.45) is -0.0329. The number of benzene rings is 1. The fourth-order valence-corrected chi connectivity index (χ4v) is 3.87. The molecule has 5 nitrogen and oxygen atoms in total. The number of alkyl halides is 3. The van der Waals surface area contributed by atoms with E-state index in [0.717, 1.165) is 28.6 Å². The molecule has 3 aromatic heterocycles. The van der Waals surface area contributed by atoms with Crippen molar-refractivity contribution < 1.29 is 17.9 Å². The predicted molar refractivity (Wildman–Crippen MR) is 101 cm³/mol. The van der Waals surface area contributed by atoms with Gasteiger partial charge in [-0.05, 0) is 42.0 Å². The molecule has 1 aliphatic rings. The lowest BCUT2D eigenvalue weighted by Crippen LogP contribution is -2.19. The van der Waals surface area contributed by atoms with Gasteiger partial charge in [0.15, 0.2) is 12.3 Å². The van der Waals surface area contributed by atoms with Gasteiger partial charge in [-0.15, -0.1) is 0 Å². The zero-order chi connectivity index (χ0) is 20.2. The van der Waals surface area contributed by atoms with E-state index in [9.17, 15) is 13.2 Å². The molecule has 0 aliphatic heterocycles. The molecule has 5 rings (SSSR count). The van der Waals surface area contributed by atoms with Gasteiger partial charge < -0.3 is 4.74 Å². The number of hydrogen-bond donors (Lipinski definition) is 0. The number of aromatic nitrogens is 4. The van der Waals surface area contributed by atoms with Crippen LogP contribution in [-0.2, 0) is 0 Å². The van der Waals surface area contributed by atoms with Gasteiger partial charge in [-0.2, -0.15) is 18.3 Å². The molecule has 1 saturated carbocycles. The second-order valence-electron chi connectivity index (χ2n) is 7.07. The number of hydrogen-bond acceptors (Lipinski definition) is 4. The summed E-state index contributed by atoms with van der Waals surface area (Å²) in [5, 5.41) is 5.45. The van der Waals surface area contributed by atoms with Gasteiger partial charge in [-0.1, -0.05) is 23.7 Å². The van der Waals surface area contributed by atoms with E-state index >= 15 is 0 Å². The standard InChI is InChI=1S/C20H14ClF3N4O/c21-17-9-15(19-25-5-6-28(19)27-17)14-8-13(14)12-2-1-11-3-4-18(26-16(11)7-12)29-10-20(22,23)24/h1-7,9,13-14H,8,10H2/t13?,14-/m0/s1. The van der Waals surface area contributed by atoms with Crippen molar-refractivity contribution in [2.24, 2.45) is 0 Å². The van der Waals surface area contributed by atoms with Gasteiger partial charge in [0.2, 0.25) is 5.88 Å². The van der Waals surface area contributed by atoms with Gasteiger partial charge in [0.25, 0.3) is 0 Å². The van der Waals surface area contributed by atoms with Crippen LogP contribution in [0.1, 0.15) is 29.4 Å². The molecule has 9 heteroatoms. The molecule has 0 spiro atoms. The number of nitrogens with zero attached hydrogens (tertiary/aromatic N) is 4. The first kappa shape index (κ1) is 18.2. The molecule has 1 unspecified atom stereocenters. The van der Waals surface area contributed by atoms with Crippen molar-refractivity contribution in [3.8, 4) is 5.88 Å². The van der Waals surface area contributed by atoms with Crippen LogP contribution in [0.3, 0.4) is 0 Å². The molecule has 0 amide bonds. The van der Waals surface area contributed by atoms with Crippen LogP contribution in [0.15, 0.2) is 48.8 Å². The minimum absolute atomic E-state index is 0.0423. The Morgan fingerprint density at radius 1 is 1.14 bits per heavy atom. The number of rotatable bonds is 4. The lowest BCUT2D eigenvalue weighted by Gasteiger charge is -2.09. The zero-order valence-electron chi connectivity index (χ0n) is 14.9. The first-order valence-electron chi connectivity index (χ1n) is 8.97. The van der Waals surface area contributed by atoms with E-state index in [-0.39, 0.29) is 17.7 Å². The molecule has 3 heterocycles. The second kappa shape index (κ2) is 6.59. The maximum absolute atomic E-state index is 12.4. The van der Waals surface area contributed by atoms with Gasteiger partial charge in [0, 0.05) is 29.4 Å². The van der Waals surface area contributed by atoms with E-state index in [0.29, 0.717) is 10.7 Å². The molecule has 1 aliphatic carbocycles. The van der Waals surface area contributed by atoms with Crippen molar-refractivity contribution in [1.29, 1.82) is 0 Å². The lowest BCUT2D eigenvalue weighted by molar-refractivity contribution is -0.154. The highest BCUT2D eigenvalue weighted by Crippen LogP contribution is 2.55. The van der Waals surface area contributed by atoms with Crippen LogP contribution in [0.4, 0.5) is 13.2 Å².